The average Bonchev–Trinajstić information content (AvgIpc) is 2.60. The van der Waals surface area contributed by atoms with E-state index in [0.29, 0.717) is 24.5 Å². The predicted octanol–water partition coefficient (Wildman–Crippen LogP) is 1.19. The van der Waals surface area contributed by atoms with Gasteiger partial charge in [0.15, 0.2) is 0 Å². The molecule has 0 saturated carbocycles. The molecule has 0 aliphatic carbocycles. The number of carbonyl (C=O) groups is 1. The summed E-state index contributed by atoms with van der Waals surface area (Å²) in [6.07, 6.45) is 1.48. The van der Waals surface area contributed by atoms with Crippen LogP contribution in [0.4, 0.5) is 0 Å². The first-order chi connectivity index (χ1) is 11.3. The van der Waals surface area contributed by atoms with E-state index in [9.17, 15) is 13.2 Å². The smallest absolute Gasteiger partial charge is 0.243 e. The number of nitrogens with two attached hydrogens (primary N) is 1. The third kappa shape index (κ3) is 4.55. The number of hydrogen-bond acceptors (Lipinski definition) is 4. The quantitative estimate of drug-likeness (QED) is 0.803. The van der Waals surface area contributed by atoms with Crippen LogP contribution in [0.3, 0.4) is 0 Å². The van der Waals surface area contributed by atoms with Crippen LogP contribution in [-0.4, -0.2) is 44.3 Å². The van der Waals surface area contributed by atoms with Gasteiger partial charge in [0.05, 0.1) is 10.9 Å². The number of benzene rings is 1. The number of sulfonamides is 1. The lowest BCUT2D eigenvalue weighted by Crippen LogP contribution is -2.47. The molecule has 0 radical (unpaired) electrons. The first-order valence-corrected chi connectivity index (χ1v) is 9.85. The number of carbonyl (C=O) groups excluding carboxylic acids is 1. The SMILES string of the molecule is CC(C)[C@H](N)C(=O)NCC1CCN(S(=O)(=O)c2ccccc2)CC1. The second-order valence-electron chi connectivity index (χ2n) is 6.68. The molecule has 6 nitrogen and oxygen atoms in total. The zero-order valence-electron chi connectivity index (χ0n) is 14.3. The highest BCUT2D eigenvalue weighted by molar-refractivity contribution is 7.89. The van der Waals surface area contributed by atoms with Crippen molar-refractivity contribution in [2.45, 2.75) is 37.6 Å². The van der Waals surface area contributed by atoms with E-state index >= 15 is 0 Å². The maximum Gasteiger partial charge on any atom is 0.243 e. The van der Waals surface area contributed by atoms with Crippen molar-refractivity contribution in [3.63, 3.8) is 0 Å². The van der Waals surface area contributed by atoms with Crippen LogP contribution in [0, 0.1) is 11.8 Å². The van der Waals surface area contributed by atoms with Crippen LogP contribution in [-0.2, 0) is 14.8 Å². The highest BCUT2D eigenvalue weighted by Crippen LogP contribution is 2.23. The number of rotatable bonds is 6. The lowest BCUT2D eigenvalue weighted by Gasteiger charge is -2.31. The summed E-state index contributed by atoms with van der Waals surface area (Å²) in [5, 5.41) is 2.89. The highest BCUT2D eigenvalue weighted by Gasteiger charge is 2.29. The van der Waals surface area contributed by atoms with Crippen molar-refractivity contribution < 1.29 is 13.2 Å². The second kappa shape index (κ2) is 8.09. The number of amides is 1. The van der Waals surface area contributed by atoms with Gasteiger partial charge in [0.2, 0.25) is 15.9 Å². The summed E-state index contributed by atoms with van der Waals surface area (Å²) in [4.78, 5) is 12.2. The van der Waals surface area contributed by atoms with Gasteiger partial charge in [-0.1, -0.05) is 32.0 Å². The van der Waals surface area contributed by atoms with Crippen molar-refractivity contribution in [1.82, 2.24) is 9.62 Å². The molecule has 0 bridgehead atoms. The van der Waals surface area contributed by atoms with Crippen molar-refractivity contribution in [3.8, 4) is 0 Å². The molecule has 0 spiro atoms. The Morgan fingerprint density at radius 3 is 2.38 bits per heavy atom. The predicted molar refractivity (Wildman–Crippen MR) is 93.7 cm³/mol. The van der Waals surface area contributed by atoms with Gasteiger partial charge in [0.1, 0.15) is 0 Å². The van der Waals surface area contributed by atoms with E-state index in [0.717, 1.165) is 12.8 Å². The number of piperidine rings is 1. The molecule has 1 fully saturated rings. The van der Waals surface area contributed by atoms with Crippen LogP contribution in [0.15, 0.2) is 35.2 Å². The van der Waals surface area contributed by atoms with E-state index in [1.54, 1.807) is 30.3 Å². The van der Waals surface area contributed by atoms with Crippen LogP contribution in [0.25, 0.3) is 0 Å². The maximum absolute atomic E-state index is 12.6. The Morgan fingerprint density at radius 1 is 1.25 bits per heavy atom. The number of nitrogens with zero attached hydrogens (tertiary/aromatic N) is 1. The molecular weight excluding hydrogens is 326 g/mol. The molecule has 1 saturated heterocycles. The van der Waals surface area contributed by atoms with Crippen LogP contribution in [0.5, 0.6) is 0 Å². The molecule has 24 heavy (non-hydrogen) atoms. The summed E-state index contributed by atoms with van der Waals surface area (Å²) in [6, 6.07) is 8.00. The molecule has 1 aliphatic rings. The van der Waals surface area contributed by atoms with Gasteiger partial charge in [0.25, 0.3) is 0 Å². The largest absolute Gasteiger partial charge is 0.354 e. The maximum atomic E-state index is 12.6. The summed E-state index contributed by atoms with van der Waals surface area (Å²) in [5.74, 6) is 0.253. The Balaban J connectivity index is 1.85. The Kier molecular flexibility index (Phi) is 6.37. The minimum Gasteiger partial charge on any atom is -0.354 e. The fraction of sp³-hybridized carbons (Fsp3) is 0.588. The summed E-state index contributed by atoms with van der Waals surface area (Å²) in [7, 11) is -3.42. The van der Waals surface area contributed by atoms with E-state index in [1.807, 2.05) is 13.8 Å². The van der Waals surface area contributed by atoms with Gasteiger partial charge in [0, 0.05) is 19.6 Å². The Morgan fingerprint density at radius 2 is 1.83 bits per heavy atom. The molecule has 0 aromatic heterocycles. The Hall–Kier alpha value is -1.44. The van der Waals surface area contributed by atoms with Gasteiger partial charge >= 0.3 is 0 Å². The molecule has 7 heteroatoms. The summed E-state index contributed by atoms with van der Waals surface area (Å²) >= 11 is 0. The third-order valence-electron chi connectivity index (χ3n) is 4.54. The second-order valence-corrected chi connectivity index (χ2v) is 8.61. The average molecular weight is 353 g/mol. The van der Waals surface area contributed by atoms with E-state index < -0.39 is 16.1 Å². The molecule has 3 N–H and O–H groups in total. The fourth-order valence-electron chi connectivity index (χ4n) is 2.76. The van der Waals surface area contributed by atoms with Crippen molar-refractivity contribution in [1.29, 1.82) is 0 Å². The van der Waals surface area contributed by atoms with Gasteiger partial charge in [-0.2, -0.15) is 4.31 Å². The zero-order chi connectivity index (χ0) is 17.7. The van der Waals surface area contributed by atoms with Gasteiger partial charge in [-0.15, -0.1) is 0 Å². The Bertz CT molecular complexity index is 638. The summed E-state index contributed by atoms with van der Waals surface area (Å²) < 4.78 is 26.7. The van der Waals surface area contributed by atoms with Gasteiger partial charge in [-0.3, -0.25) is 4.79 Å². The van der Waals surface area contributed by atoms with Crippen LogP contribution < -0.4 is 11.1 Å². The zero-order valence-corrected chi connectivity index (χ0v) is 15.1. The fourth-order valence-corrected chi connectivity index (χ4v) is 4.25. The van der Waals surface area contributed by atoms with Crippen molar-refractivity contribution >= 4 is 15.9 Å². The normalized spacial score (nSPS) is 18.5. The molecule has 1 aromatic rings. The topological polar surface area (TPSA) is 92.5 Å². The first-order valence-electron chi connectivity index (χ1n) is 8.41. The van der Waals surface area contributed by atoms with Crippen molar-refractivity contribution in [2.75, 3.05) is 19.6 Å². The molecule has 0 unspecified atom stereocenters. The third-order valence-corrected chi connectivity index (χ3v) is 6.45. The lowest BCUT2D eigenvalue weighted by atomic mass is 9.97. The molecule has 1 aliphatic heterocycles. The monoisotopic (exact) mass is 353 g/mol. The summed E-state index contributed by atoms with van der Waals surface area (Å²) in [5.41, 5.74) is 5.82. The van der Waals surface area contributed by atoms with E-state index in [-0.39, 0.29) is 17.7 Å². The van der Waals surface area contributed by atoms with E-state index in [4.69, 9.17) is 5.73 Å². The lowest BCUT2D eigenvalue weighted by molar-refractivity contribution is -0.123. The van der Waals surface area contributed by atoms with Gasteiger partial charge in [-0.25, -0.2) is 8.42 Å². The minimum absolute atomic E-state index is 0.0999. The van der Waals surface area contributed by atoms with Gasteiger partial charge in [-0.05, 0) is 36.8 Å². The molecular formula is C17H27N3O3S. The van der Waals surface area contributed by atoms with E-state index in [2.05, 4.69) is 5.32 Å². The van der Waals surface area contributed by atoms with Crippen LogP contribution in [0.1, 0.15) is 26.7 Å². The molecule has 2 rings (SSSR count). The Labute approximate surface area is 144 Å². The summed E-state index contributed by atoms with van der Waals surface area (Å²) in [6.45, 7) is 5.34. The van der Waals surface area contributed by atoms with Gasteiger partial charge < -0.3 is 11.1 Å². The van der Waals surface area contributed by atoms with Crippen LogP contribution in [0.2, 0.25) is 0 Å². The number of hydrogen-bond donors (Lipinski definition) is 2. The van der Waals surface area contributed by atoms with E-state index in [1.165, 1.54) is 4.31 Å². The molecule has 1 atom stereocenters. The standard InChI is InChI=1S/C17H27N3O3S/c1-13(2)16(18)17(21)19-12-14-8-10-20(11-9-14)24(22,23)15-6-4-3-5-7-15/h3-7,13-14,16H,8-12,18H2,1-2H3,(H,19,21)/t16-/m0/s1. The van der Waals surface area contributed by atoms with Crippen LogP contribution >= 0.6 is 0 Å². The van der Waals surface area contributed by atoms with Crippen molar-refractivity contribution in [3.05, 3.63) is 30.3 Å². The first kappa shape index (κ1) is 18.9. The number of nitrogens with one attached hydrogen (secondary N) is 1. The minimum atomic E-state index is -3.42. The molecule has 1 heterocycles. The molecule has 134 valence electrons. The highest BCUT2D eigenvalue weighted by atomic mass is 32.2. The molecule has 1 aromatic carbocycles. The molecule has 1 amide bonds. The van der Waals surface area contributed by atoms with Crippen molar-refractivity contribution in [2.24, 2.45) is 17.6 Å².